The number of methoxy groups -OCH3 is 1. The highest BCUT2D eigenvalue weighted by Crippen LogP contribution is 2.14. The molecule has 1 rings (SSSR count). The topological polar surface area (TPSA) is 61.5 Å². The average Bonchev–Trinajstić information content (AvgIpc) is 2.27. The molecule has 106 valence electrons. The van der Waals surface area contributed by atoms with Crippen molar-refractivity contribution in [3.63, 3.8) is 0 Å². The van der Waals surface area contributed by atoms with Gasteiger partial charge in [-0.15, -0.1) is 0 Å². The molecule has 0 aromatic heterocycles. The molecule has 0 amide bonds. The molecule has 1 aromatic rings. The third-order valence-corrected chi connectivity index (χ3v) is 2.51. The molecule has 0 saturated heterocycles. The number of nitrogens with two attached hydrogens (primary N) is 1. The van der Waals surface area contributed by atoms with Crippen LogP contribution in [-0.2, 0) is 16.0 Å². The average molecular weight is 265 g/mol. The van der Waals surface area contributed by atoms with Gasteiger partial charge in [0.05, 0.1) is 13.5 Å². The number of esters is 1. The van der Waals surface area contributed by atoms with Crippen molar-refractivity contribution < 1.29 is 14.3 Å². The van der Waals surface area contributed by atoms with Crippen LogP contribution in [0.5, 0.6) is 5.75 Å². The second-order valence-corrected chi connectivity index (χ2v) is 5.60. The fourth-order valence-electron chi connectivity index (χ4n) is 1.73. The summed E-state index contributed by atoms with van der Waals surface area (Å²) >= 11 is 0. The largest absolute Gasteiger partial charge is 0.497 e. The molecular formula is C15H23NO3. The maximum atomic E-state index is 11.6. The number of ether oxygens (including phenoxy) is 2. The Balaban J connectivity index is 2.46. The maximum absolute atomic E-state index is 11.6. The van der Waals surface area contributed by atoms with Gasteiger partial charge in [0.1, 0.15) is 11.4 Å². The minimum absolute atomic E-state index is 0.225. The molecule has 2 N–H and O–H groups in total. The monoisotopic (exact) mass is 265 g/mol. The van der Waals surface area contributed by atoms with E-state index in [1.165, 1.54) is 0 Å². The second-order valence-electron chi connectivity index (χ2n) is 5.60. The quantitative estimate of drug-likeness (QED) is 0.830. The third-order valence-electron chi connectivity index (χ3n) is 2.51. The van der Waals surface area contributed by atoms with E-state index in [4.69, 9.17) is 15.2 Å². The van der Waals surface area contributed by atoms with Gasteiger partial charge in [-0.2, -0.15) is 0 Å². The zero-order chi connectivity index (χ0) is 14.5. The smallest absolute Gasteiger partial charge is 0.307 e. The molecule has 0 spiro atoms. The number of carbonyl (C=O) groups is 1. The van der Waals surface area contributed by atoms with E-state index in [1.807, 2.05) is 45.0 Å². The molecule has 1 aromatic carbocycles. The van der Waals surface area contributed by atoms with Crippen molar-refractivity contribution in [3.05, 3.63) is 29.8 Å². The predicted molar refractivity (Wildman–Crippen MR) is 75.1 cm³/mol. The van der Waals surface area contributed by atoms with Crippen LogP contribution in [-0.4, -0.2) is 24.7 Å². The summed E-state index contributed by atoms with van der Waals surface area (Å²) in [5.41, 5.74) is 6.58. The highest BCUT2D eigenvalue weighted by molar-refractivity contribution is 5.70. The Morgan fingerprint density at radius 3 is 2.32 bits per heavy atom. The van der Waals surface area contributed by atoms with Gasteiger partial charge in [-0.25, -0.2) is 0 Å². The molecule has 0 aliphatic heterocycles. The van der Waals surface area contributed by atoms with Gasteiger partial charge in [0.25, 0.3) is 0 Å². The molecule has 0 radical (unpaired) electrons. The normalized spacial score (nSPS) is 12.9. The SMILES string of the molecule is COc1ccc(C[C@H](N)CC(=O)OC(C)(C)C)cc1. The summed E-state index contributed by atoms with van der Waals surface area (Å²) in [5, 5.41) is 0. The number of benzene rings is 1. The van der Waals surface area contributed by atoms with Gasteiger partial charge >= 0.3 is 5.97 Å². The Labute approximate surface area is 114 Å². The van der Waals surface area contributed by atoms with E-state index < -0.39 is 5.60 Å². The highest BCUT2D eigenvalue weighted by Gasteiger charge is 2.18. The van der Waals surface area contributed by atoms with Crippen LogP contribution in [0, 0.1) is 0 Å². The Morgan fingerprint density at radius 2 is 1.84 bits per heavy atom. The van der Waals surface area contributed by atoms with Crippen molar-refractivity contribution in [1.29, 1.82) is 0 Å². The van der Waals surface area contributed by atoms with E-state index >= 15 is 0 Å². The lowest BCUT2D eigenvalue weighted by atomic mass is 10.0. The molecule has 0 unspecified atom stereocenters. The first-order chi connectivity index (χ1) is 8.80. The first-order valence-electron chi connectivity index (χ1n) is 6.40. The van der Waals surface area contributed by atoms with E-state index in [9.17, 15) is 4.79 Å². The summed E-state index contributed by atoms with van der Waals surface area (Å²) in [6.45, 7) is 5.54. The molecule has 0 bridgehead atoms. The van der Waals surface area contributed by atoms with Crippen molar-refractivity contribution in [2.24, 2.45) is 5.73 Å². The fraction of sp³-hybridized carbons (Fsp3) is 0.533. The minimum atomic E-state index is -0.461. The molecule has 0 aliphatic rings. The lowest BCUT2D eigenvalue weighted by Crippen LogP contribution is -2.31. The van der Waals surface area contributed by atoms with E-state index in [-0.39, 0.29) is 18.4 Å². The second kappa shape index (κ2) is 6.57. The summed E-state index contributed by atoms with van der Waals surface area (Å²) in [7, 11) is 1.63. The summed E-state index contributed by atoms with van der Waals surface area (Å²) in [6.07, 6.45) is 0.868. The molecular weight excluding hydrogens is 242 g/mol. The standard InChI is InChI=1S/C15H23NO3/c1-15(2,3)19-14(17)10-12(16)9-11-5-7-13(18-4)8-6-11/h5-8,12H,9-10,16H2,1-4H3/t12-/m0/s1. The van der Waals surface area contributed by atoms with E-state index in [0.717, 1.165) is 11.3 Å². The molecule has 0 saturated carbocycles. The van der Waals surface area contributed by atoms with Crippen molar-refractivity contribution in [2.45, 2.75) is 45.3 Å². The van der Waals surface area contributed by atoms with Crippen LogP contribution >= 0.6 is 0 Å². The van der Waals surface area contributed by atoms with Gasteiger partial charge in [-0.3, -0.25) is 4.79 Å². The molecule has 0 fully saturated rings. The molecule has 4 heteroatoms. The lowest BCUT2D eigenvalue weighted by molar-refractivity contribution is -0.155. The molecule has 4 nitrogen and oxygen atoms in total. The molecule has 19 heavy (non-hydrogen) atoms. The van der Waals surface area contributed by atoms with Crippen LogP contribution in [0.25, 0.3) is 0 Å². The minimum Gasteiger partial charge on any atom is -0.497 e. The predicted octanol–water partition coefficient (Wildman–Crippen LogP) is 2.30. The van der Waals surface area contributed by atoms with Crippen LogP contribution in [0.4, 0.5) is 0 Å². The van der Waals surface area contributed by atoms with E-state index in [0.29, 0.717) is 6.42 Å². The van der Waals surface area contributed by atoms with E-state index in [2.05, 4.69) is 0 Å². The van der Waals surface area contributed by atoms with Crippen molar-refractivity contribution >= 4 is 5.97 Å². The third kappa shape index (κ3) is 6.25. The Hall–Kier alpha value is -1.55. The zero-order valence-electron chi connectivity index (χ0n) is 12.1. The lowest BCUT2D eigenvalue weighted by Gasteiger charge is -2.21. The summed E-state index contributed by atoms with van der Waals surface area (Å²) in [5.74, 6) is 0.554. The molecule has 0 aliphatic carbocycles. The van der Waals surface area contributed by atoms with Crippen LogP contribution in [0.1, 0.15) is 32.8 Å². The van der Waals surface area contributed by atoms with Gasteiger partial charge in [0.2, 0.25) is 0 Å². The first-order valence-corrected chi connectivity index (χ1v) is 6.40. The van der Waals surface area contributed by atoms with Gasteiger partial charge in [0.15, 0.2) is 0 Å². The number of hydrogen-bond acceptors (Lipinski definition) is 4. The Kier molecular flexibility index (Phi) is 5.36. The number of hydrogen-bond donors (Lipinski definition) is 1. The first kappa shape index (κ1) is 15.5. The van der Waals surface area contributed by atoms with Crippen LogP contribution in [0.2, 0.25) is 0 Å². The van der Waals surface area contributed by atoms with Crippen LogP contribution < -0.4 is 10.5 Å². The summed E-state index contributed by atoms with van der Waals surface area (Å²) in [4.78, 5) is 11.6. The van der Waals surface area contributed by atoms with Gasteiger partial charge in [0, 0.05) is 6.04 Å². The van der Waals surface area contributed by atoms with Crippen molar-refractivity contribution in [3.8, 4) is 5.75 Å². The van der Waals surface area contributed by atoms with E-state index in [1.54, 1.807) is 7.11 Å². The molecule has 1 atom stereocenters. The van der Waals surface area contributed by atoms with Crippen molar-refractivity contribution in [2.75, 3.05) is 7.11 Å². The Morgan fingerprint density at radius 1 is 1.26 bits per heavy atom. The van der Waals surface area contributed by atoms with Crippen molar-refractivity contribution in [1.82, 2.24) is 0 Å². The van der Waals surface area contributed by atoms with Gasteiger partial charge < -0.3 is 15.2 Å². The highest BCUT2D eigenvalue weighted by atomic mass is 16.6. The van der Waals surface area contributed by atoms with Gasteiger partial charge in [-0.05, 0) is 44.9 Å². The molecule has 0 heterocycles. The number of rotatable bonds is 5. The van der Waals surface area contributed by atoms with Crippen LogP contribution in [0.3, 0.4) is 0 Å². The number of carbonyl (C=O) groups excluding carboxylic acids is 1. The summed E-state index contributed by atoms with van der Waals surface area (Å²) < 4.78 is 10.3. The summed E-state index contributed by atoms with van der Waals surface area (Å²) in [6, 6.07) is 7.44. The van der Waals surface area contributed by atoms with Crippen LogP contribution in [0.15, 0.2) is 24.3 Å². The Bertz CT molecular complexity index is 406. The zero-order valence-corrected chi connectivity index (χ0v) is 12.1. The fourth-order valence-corrected chi connectivity index (χ4v) is 1.73. The van der Waals surface area contributed by atoms with Gasteiger partial charge in [-0.1, -0.05) is 12.1 Å². The maximum Gasteiger partial charge on any atom is 0.307 e.